The molecule has 0 fully saturated rings. The van der Waals surface area contributed by atoms with Gasteiger partial charge in [0.15, 0.2) is 0 Å². The van der Waals surface area contributed by atoms with Crippen molar-refractivity contribution in [3.63, 3.8) is 0 Å². The van der Waals surface area contributed by atoms with Gasteiger partial charge in [0.2, 0.25) is 0 Å². The SMILES string of the molecule is Cc1noc2ncc(S(=O)(=O)Nc3ccccc3-n3cc(Br)cn3)cc12. The van der Waals surface area contributed by atoms with Crippen molar-refractivity contribution in [2.24, 2.45) is 0 Å². The van der Waals surface area contributed by atoms with Crippen molar-refractivity contribution in [2.75, 3.05) is 4.72 Å². The van der Waals surface area contributed by atoms with Crippen molar-refractivity contribution in [1.82, 2.24) is 19.9 Å². The fraction of sp³-hybridized carbons (Fsp3) is 0.0625. The van der Waals surface area contributed by atoms with Crippen LogP contribution in [0.5, 0.6) is 0 Å². The van der Waals surface area contributed by atoms with Crippen LogP contribution in [0.1, 0.15) is 5.69 Å². The van der Waals surface area contributed by atoms with Crippen LogP contribution in [-0.4, -0.2) is 28.3 Å². The molecule has 26 heavy (non-hydrogen) atoms. The Kier molecular flexibility index (Phi) is 4.00. The molecule has 0 aliphatic heterocycles. The maximum atomic E-state index is 12.8. The molecule has 1 N–H and O–H groups in total. The average Bonchev–Trinajstić information content (AvgIpc) is 3.21. The zero-order valence-electron chi connectivity index (χ0n) is 13.4. The van der Waals surface area contributed by atoms with Gasteiger partial charge in [0, 0.05) is 6.20 Å². The fourth-order valence-corrected chi connectivity index (χ4v) is 3.80. The lowest BCUT2D eigenvalue weighted by Crippen LogP contribution is -2.15. The molecule has 3 aromatic heterocycles. The van der Waals surface area contributed by atoms with Gasteiger partial charge in [-0.2, -0.15) is 5.10 Å². The summed E-state index contributed by atoms with van der Waals surface area (Å²) in [4.78, 5) is 4.04. The van der Waals surface area contributed by atoms with Crippen LogP contribution in [0.2, 0.25) is 0 Å². The van der Waals surface area contributed by atoms with Gasteiger partial charge >= 0.3 is 0 Å². The summed E-state index contributed by atoms with van der Waals surface area (Å²) < 4.78 is 35.6. The van der Waals surface area contributed by atoms with E-state index in [-0.39, 0.29) is 4.90 Å². The molecule has 3 heterocycles. The number of halogens is 1. The Morgan fingerprint density at radius 2 is 2.04 bits per heavy atom. The third-order valence-electron chi connectivity index (χ3n) is 3.74. The van der Waals surface area contributed by atoms with Crippen LogP contribution < -0.4 is 4.72 Å². The van der Waals surface area contributed by atoms with Crippen LogP contribution in [0, 0.1) is 6.92 Å². The van der Waals surface area contributed by atoms with E-state index in [4.69, 9.17) is 4.52 Å². The van der Waals surface area contributed by atoms with Gasteiger partial charge in [-0.1, -0.05) is 17.3 Å². The summed E-state index contributed by atoms with van der Waals surface area (Å²) in [6, 6.07) is 8.47. The first-order chi connectivity index (χ1) is 12.4. The first-order valence-corrected chi connectivity index (χ1v) is 9.76. The second kappa shape index (κ2) is 6.22. The number of anilines is 1. The molecule has 0 unspecified atom stereocenters. The molecule has 0 aliphatic carbocycles. The van der Waals surface area contributed by atoms with Crippen LogP contribution in [0.15, 0.2) is 62.8 Å². The van der Waals surface area contributed by atoms with E-state index in [1.165, 1.54) is 12.3 Å². The van der Waals surface area contributed by atoms with Crippen LogP contribution in [0.3, 0.4) is 0 Å². The Bertz CT molecular complexity index is 1220. The summed E-state index contributed by atoms with van der Waals surface area (Å²) in [6.07, 6.45) is 4.60. The number of aryl methyl sites for hydroxylation is 1. The highest BCUT2D eigenvalue weighted by Crippen LogP contribution is 2.25. The molecule has 0 saturated heterocycles. The molecule has 0 spiro atoms. The van der Waals surface area contributed by atoms with Gasteiger partial charge in [0.1, 0.15) is 4.90 Å². The highest BCUT2D eigenvalue weighted by atomic mass is 79.9. The third kappa shape index (κ3) is 2.97. The standard InChI is InChI=1S/C16H12BrN5O3S/c1-10-13-6-12(8-18-16(13)25-20-10)26(23,24)21-14-4-2-3-5-15(14)22-9-11(17)7-19-22/h2-9,21H,1H3. The maximum Gasteiger partial charge on any atom is 0.263 e. The number of benzene rings is 1. The van der Waals surface area contributed by atoms with Crippen molar-refractivity contribution >= 4 is 42.7 Å². The molecular weight excluding hydrogens is 422 g/mol. The van der Waals surface area contributed by atoms with E-state index in [2.05, 4.69) is 35.9 Å². The van der Waals surface area contributed by atoms with E-state index in [0.717, 1.165) is 4.47 Å². The number of hydrogen-bond donors (Lipinski definition) is 1. The number of pyridine rings is 1. The number of hydrogen-bond acceptors (Lipinski definition) is 6. The minimum atomic E-state index is -3.86. The molecular formula is C16H12BrN5O3S. The Balaban J connectivity index is 1.75. The Morgan fingerprint density at radius 1 is 1.23 bits per heavy atom. The lowest BCUT2D eigenvalue weighted by atomic mass is 10.3. The molecule has 4 aromatic rings. The van der Waals surface area contributed by atoms with Gasteiger partial charge in [-0.25, -0.2) is 18.1 Å². The second-order valence-electron chi connectivity index (χ2n) is 5.52. The smallest absolute Gasteiger partial charge is 0.263 e. The third-order valence-corrected chi connectivity index (χ3v) is 5.48. The van der Waals surface area contributed by atoms with E-state index in [9.17, 15) is 8.42 Å². The van der Waals surface area contributed by atoms with Crippen molar-refractivity contribution in [1.29, 1.82) is 0 Å². The number of fused-ring (bicyclic) bond motifs is 1. The zero-order valence-corrected chi connectivity index (χ0v) is 15.8. The molecule has 1 aromatic carbocycles. The molecule has 10 heteroatoms. The molecule has 0 radical (unpaired) electrons. The first-order valence-electron chi connectivity index (χ1n) is 7.48. The molecule has 4 rings (SSSR count). The summed E-state index contributed by atoms with van der Waals surface area (Å²) in [5, 5.41) is 8.54. The number of para-hydroxylation sites is 2. The highest BCUT2D eigenvalue weighted by molar-refractivity contribution is 9.10. The molecule has 0 atom stereocenters. The summed E-state index contributed by atoms with van der Waals surface area (Å²) in [6.45, 7) is 1.72. The molecule has 0 amide bonds. The Morgan fingerprint density at radius 3 is 2.81 bits per heavy atom. The van der Waals surface area contributed by atoms with E-state index < -0.39 is 10.0 Å². The van der Waals surface area contributed by atoms with Gasteiger partial charge in [-0.15, -0.1) is 0 Å². The number of nitrogens with one attached hydrogen (secondary N) is 1. The summed E-state index contributed by atoms with van der Waals surface area (Å²) in [5.74, 6) is 0. The average molecular weight is 434 g/mol. The summed E-state index contributed by atoms with van der Waals surface area (Å²) in [5.41, 5.74) is 1.86. The summed E-state index contributed by atoms with van der Waals surface area (Å²) in [7, 11) is -3.86. The lowest BCUT2D eigenvalue weighted by Gasteiger charge is -2.12. The van der Waals surface area contributed by atoms with Crippen molar-refractivity contribution in [3.8, 4) is 5.69 Å². The van der Waals surface area contributed by atoms with Crippen LogP contribution in [0.4, 0.5) is 5.69 Å². The monoisotopic (exact) mass is 433 g/mol. The van der Waals surface area contributed by atoms with Crippen LogP contribution >= 0.6 is 15.9 Å². The van der Waals surface area contributed by atoms with E-state index in [1.807, 2.05) is 0 Å². The van der Waals surface area contributed by atoms with E-state index >= 15 is 0 Å². The predicted octanol–water partition coefficient (Wildman–Crippen LogP) is 3.28. The van der Waals surface area contributed by atoms with Crippen molar-refractivity contribution in [2.45, 2.75) is 11.8 Å². The minimum absolute atomic E-state index is 0.0211. The van der Waals surface area contributed by atoms with Gasteiger partial charge in [-0.05, 0) is 41.1 Å². The first kappa shape index (κ1) is 16.7. The van der Waals surface area contributed by atoms with Crippen molar-refractivity contribution < 1.29 is 12.9 Å². The topological polar surface area (TPSA) is 103 Å². The normalized spacial score (nSPS) is 11.8. The largest absolute Gasteiger partial charge is 0.336 e. The quantitative estimate of drug-likeness (QED) is 0.529. The lowest BCUT2D eigenvalue weighted by molar-refractivity contribution is 0.442. The zero-order chi connectivity index (χ0) is 18.3. The van der Waals surface area contributed by atoms with Gasteiger partial charge in [-0.3, -0.25) is 4.72 Å². The number of sulfonamides is 1. The Labute approximate surface area is 157 Å². The van der Waals surface area contributed by atoms with Gasteiger partial charge in [0.25, 0.3) is 15.7 Å². The maximum absolute atomic E-state index is 12.8. The highest BCUT2D eigenvalue weighted by Gasteiger charge is 2.19. The second-order valence-corrected chi connectivity index (χ2v) is 8.12. The summed E-state index contributed by atoms with van der Waals surface area (Å²) >= 11 is 3.33. The van der Waals surface area contributed by atoms with Gasteiger partial charge < -0.3 is 4.52 Å². The number of rotatable bonds is 4. The molecule has 0 bridgehead atoms. The fourth-order valence-electron chi connectivity index (χ4n) is 2.47. The van der Waals surface area contributed by atoms with Gasteiger partial charge in [0.05, 0.1) is 39.3 Å². The molecule has 0 saturated carbocycles. The van der Waals surface area contributed by atoms with E-state index in [0.29, 0.717) is 28.2 Å². The number of nitrogens with zero attached hydrogens (tertiary/aromatic N) is 4. The molecule has 8 nitrogen and oxygen atoms in total. The van der Waals surface area contributed by atoms with E-state index in [1.54, 1.807) is 48.3 Å². The molecule has 0 aliphatic rings. The molecule has 132 valence electrons. The van der Waals surface area contributed by atoms with Crippen LogP contribution in [0.25, 0.3) is 16.8 Å². The predicted molar refractivity (Wildman–Crippen MR) is 98.6 cm³/mol. The number of aromatic nitrogens is 4. The Hall–Kier alpha value is -2.72. The minimum Gasteiger partial charge on any atom is -0.336 e. The van der Waals surface area contributed by atoms with Crippen molar-refractivity contribution in [3.05, 3.63) is 59.1 Å². The van der Waals surface area contributed by atoms with Crippen LogP contribution in [-0.2, 0) is 10.0 Å².